The lowest BCUT2D eigenvalue weighted by atomic mass is 9.80. The molecule has 1 aromatic heterocycles. The number of anilines is 4. The number of carbonyl (C=O) groups excluding carboxylic acids is 2. The van der Waals surface area contributed by atoms with Crippen molar-refractivity contribution in [1.29, 1.82) is 0 Å². The summed E-state index contributed by atoms with van der Waals surface area (Å²) in [4.78, 5) is 42.0. The average molecular weight is 538 g/mol. The summed E-state index contributed by atoms with van der Waals surface area (Å²) in [7, 11) is 5.48. The SMILES string of the molecule is CCC1(CC)CN(C(C)C)c2nc(Nc3ccc(C(=O)NC4CCN(C)CC4)cc3OC)ncc2N(C)C1=O. The maximum atomic E-state index is 13.5. The van der Waals surface area contributed by atoms with Gasteiger partial charge >= 0.3 is 0 Å². The monoisotopic (exact) mass is 537 g/mol. The fourth-order valence-electron chi connectivity index (χ4n) is 5.49. The zero-order valence-corrected chi connectivity index (χ0v) is 24.4. The number of methoxy groups -OCH3 is 1. The van der Waals surface area contributed by atoms with Crippen molar-refractivity contribution >= 4 is 35.0 Å². The Balaban J connectivity index is 1.59. The fourth-order valence-corrected chi connectivity index (χ4v) is 5.49. The van der Waals surface area contributed by atoms with E-state index in [0.29, 0.717) is 35.2 Å². The predicted octanol–water partition coefficient (Wildman–Crippen LogP) is 4.05. The number of hydrogen-bond acceptors (Lipinski definition) is 8. The maximum absolute atomic E-state index is 13.5. The molecule has 10 nitrogen and oxygen atoms in total. The number of piperidine rings is 1. The van der Waals surface area contributed by atoms with Crippen LogP contribution in [0.3, 0.4) is 0 Å². The molecule has 3 heterocycles. The maximum Gasteiger partial charge on any atom is 0.251 e. The van der Waals surface area contributed by atoms with Gasteiger partial charge in [-0.3, -0.25) is 9.59 Å². The van der Waals surface area contributed by atoms with E-state index in [1.165, 1.54) is 0 Å². The highest BCUT2D eigenvalue weighted by Gasteiger charge is 2.44. The van der Waals surface area contributed by atoms with Gasteiger partial charge in [-0.05, 0) is 77.9 Å². The summed E-state index contributed by atoms with van der Waals surface area (Å²) in [6, 6.07) is 5.65. The fraction of sp³-hybridized carbons (Fsp3) is 0.586. The second kappa shape index (κ2) is 11.8. The number of benzene rings is 1. The number of amides is 2. The number of rotatable bonds is 8. The molecule has 4 rings (SSSR count). The van der Waals surface area contributed by atoms with Crippen molar-refractivity contribution in [2.75, 3.05) is 56.0 Å². The Morgan fingerprint density at radius 3 is 2.49 bits per heavy atom. The molecule has 2 amide bonds. The van der Waals surface area contributed by atoms with Gasteiger partial charge < -0.3 is 30.1 Å². The van der Waals surface area contributed by atoms with Gasteiger partial charge in [-0.25, -0.2) is 4.98 Å². The van der Waals surface area contributed by atoms with Crippen LogP contribution in [0, 0.1) is 5.41 Å². The Morgan fingerprint density at radius 2 is 1.87 bits per heavy atom. The molecule has 1 saturated heterocycles. The van der Waals surface area contributed by atoms with E-state index in [2.05, 4.69) is 60.2 Å². The van der Waals surface area contributed by atoms with E-state index in [1.807, 2.05) is 6.07 Å². The van der Waals surface area contributed by atoms with E-state index in [0.717, 1.165) is 44.6 Å². The Kier molecular flexibility index (Phi) is 8.64. The van der Waals surface area contributed by atoms with E-state index in [9.17, 15) is 9.59 Å². The third-order valence-electron chi connectivity index (χ3n) is 8.36. The van der Waals surface area contributed by atoms with Gasteiger partial charge in [0.05, 0.1) is 24.4 Å². The van der Waals surface area contributed by atoms with E-state index >= 15 is 0 Å². The van der Waals surface area contributed by atoms with E-state index in [4.69, 9.17) is 9.72 Å². The van der Waals surface area contributed by atoms with E-state index < -0.39 is 5.41 Å². The third-order valence-corrected chi connectivity index (χ3v) is 8.36. The number of hydrogen-bond donors (Lipinski definition) is 2. The first-order valence-corrected chi connectivity index (χ1v) is 14.0. The second-order valence-corrected chi connectivity index (χ2v) is 11.1. The van der Waals surface area contributed by atoms with Gasteiger partial charge in [-0.1, -0.05) is 13.8 Å². The first kappa shape index (κ1) is 28.6. The minimum Gasteiger partial charge on any atom is -0.495 e. The Bertz CT molecular complexity index is 1190. The van der Waals surface area contributed by atoms with Gasteiger partial charge in [0, 0.05) is 31.2 Å². The van der Waals surface area contributed by atoms with Gasteiger partial charge in [0.15, 0.2) is 5.82 Å². The largest absolute Gasteiger partial charge is 0.495 e. The van der Waals surface area contributed by atoms with Crippen LogP contribution in [-0.4, -0.2) is 79.6 Å². The summed E-state index contributed by atoms with van der Waals surface area (Å²) >= 11 is 0. The van der Waals surface area contributed by atoms with E-state index in [-0.39, 0.29) is 23.9 Å². The van der Waals surface area contributed by atoms with Crippen molar-refractivity contribution < 1.29 is 14.3 Å². The van der Waals surface area contributed by atoms with Crippen LogP contribution in [0.2, 0.25) is 0 Å². The predicted molar refractivity (Wildman–Crippen MR) is 155 cm³/mol. The molecular weight excluding hydrogens is 494 g/mol. The van der Waals surface area contributed by atoms with Crippen molar-refractivity contribution in [3.05, 3.63) is 30.0 Å². The summed E-state index contributed by atoms with van der Waals surface area (Å²) in [5, 5.41) is 6.42. The van der Waals surface area contributed by atoms with Crippen molar-refractivity contribution in [2.24, 2.45) is 5.41 Å². The number of likely N-dealkylation sites (tertiary alicyclic amines) is 1. The minimum atomic E-state index is -0.486. The van der Waals surface area contributed by atoms with Crippen molar-refractivity contribution in [3.63, 3.8) is 0 Å². The minimum absolute atomic E-state index is 0.0944. The summed E-state index contributed by atoms with van der Waals surface area (Å²) in [5.74, 6) is 1.62. The van der Waals surface area contributed by atoms with Crippen LogP contribution >= 0.6 is 0 Å². The molecular formula is C29H43N7O3. The number of carbonyl (C=O) groups is 2. The molecule has 0 aliphatic carbocycles. The topological polar surface area (TPSA) is 103 Å². The summed E-state index contributed by atoms with van der Waals surface area (Å²) < 4.78 is 5.62. The molecule has 2 aliphatic rings. The average Bonchev–Trinajstić information content (AvgIpc) is 3.03. The Morgan fingerprint density at radius 1 is 1.18 bits per heavy atom. The van der Waals surface area contributed by atoms with Crippen LogP contribution in [0.4, 0.5) is 23.1 Å². The number of aromatic nitrogens is 2. The molecule has 39 heavy (non-hydrogen) atoms. The molecule has 212 valence electrons. The van der Waals surface area contributed by atoms with Gasteiger partial charge in [0.25, 0.3) is 5.91 Å². The number of nitrogens with zero attached hydrogens (tertiary/aromatic N) is 5. The van der Waals surface area contributed by atoms with Gasteiger partial charge in [-0.2, -0.15) is 4.98 Å². The molecule has 1 fully saturated rings. The van der Waals surface area contributed by atoms with Crippen molar-refractivity contribution in [2.45, 2.75) is 65.5 Å². The second-order valence-electron chi connectivity index (χ2n) is 11.1. The summed E-state index contributed by atoms with van der Waals surface area (Å²) in [6.07, 6.45) is 5.09. The van der Waals surface area contributed by atoms with Crippen molar-refractivity contribution in [1.82, 2.24) is 20.2 Å². The molecule has 0 saturated carbocycles. The van der Waals surface area contributed by atoms with Gasteiger partial charge in [0.1, 0.15) is 11.4 Å². The smallest absolute Gasteiger partial charge is 0.251 e. The number of nitrogens with one attached hydrogen (secondary N) is 2. The highest BCUT2D eigenvalue weighted by atomic mass is 16.5. The van der Waals surface area contributed by atoms with Crippen LogP contribution in [0.15, 0.2) is 24.4 Å². The number of fused-ring (bicyclic) bond motifs is 1. The normalized spacial score (nSPS) is 18.1. The Labute approximate surface area is 232 Å². The van der Waals surface area contributed by atoms with Gasteiger partial charge in [0.2, 0.25) is 11.9 Å². The first-order valence-electron chi connectivity index (χ1n) is 14.0. The lowest BCUT2D eigenvalue weighted by molar-refractivity contribution is -0.127. The summed E-state index contributed by atoms with van der Waals surface area (Å²) in [6.45, 7) is 10.9. The first-order chi connectivity index (χ1) is 18.6. The molecule has 0 radical (unpaired) electrons. The molecule has 2 aromatic rings. The lowest BCUT2D eigenvalue weighted by Crippen LogP contribution is -2.47. The zero-order chi connectivity index (χ0) is 28.3. The summed E-state index contributed by atoms with van der Waals surface area (Å²) in [5.41, 5.74) is 1.40. The molecule has 2 N–H and O–H groups in total. The highest BCUT2D eigenvalue weighted by Crippen LogP contribution is 2.41. The van der Waals surface area contributed by atoms with Crippen LogP contribution < -0.4 is 25.2 Å². The van der Waals surface area contributed by atoms with E-state index in [1.54, 1.807) is 37.4 Å². The Hall–Kier alpha value is -3.40. The van der Waals surface area contributed by atoms with Crippen LogP contribution in [0.5, 0.6) is 5.75 Å². The third kappa shape index (κ3) is 5.80. The van der Waals surface area contributed by atoms with Crippen LogP contribution in [0.25, 0.3) is 0 Å². The molecule has 0 spiro atoms. The van der Waals surface area contributed by atoms with Crippen molar-refractivity contribution in [3.8, 4) is 5.75 Å². The van der Waals surface area contributed by atoms with Gasteiger partial charge in [-0.15, -0.1) is 0 Å². The molecule has 0 unspecified atom stereocenters. The molecule has 0 bridgehead atoms. The molecule has 0 atom stereocenters. The molecule has 2 aliphatic heterocycles. The molecule has 1 aromatic carbocycles. The standard InChI is InChI=1S/C29H43N7O3/c1-8-29(9-2)18-36(19(3)4)25-23(35(6)27(29)38)17-30-28(33-25)32-22-11-10-20(16-24(22)39-7)26(37)31-21-12-14-34(5)15-13-21/h10-11,16-17,19,21H,8-9,12-15,18H2,1-7H3,(H,31,37)(H,30,32,33). The highest BCUT2D eigenvalue weighted by molar-refractivity contribution is 6.01. The molecule has 10 heteroatoms. The van der Waals surface area contributed by atoms with Crippen LogP contribution in [-0.2, 0) is 4.79 Å². The lowest BCUT2D eigenvalue weighted by Gasteiger charge is -2.36. The zero-order valence-electron chi connectivity index (χ0n) is 24.4. The quantitative estimate of drug-likeness (QED) is 0.520. The number of ether oxygens (including phenoxy) is 1. The van der Waals surface area contributed by atoms with Crippen LogP contribution in [0.1, 0.15) is 63.7 Å².